The van der Waals surface area contributed by atoms with E-state index in [-0.39, 0.29) is 0 Å². The number of halogens is 1. The Hall–Kier alpha value is -0.260. The Bertz CT molecular complexity index is 355. The van der Waals surface area contributed by atoms with Gasteiger partial charge in [-0.1, -0.05) is 12.2 Å². The zero-order valence-electron chi connectivity index (χ0n) is 8.42. The van der Waals surface area contributed by atoms with Gasteiger partial charge in [-0.2, -0.15) is 11.8 Å². The van der Waals surface area contributed by atoms with Gasteiger partial charge in [-0.25, -0.2) is 0 Å². The van der Waals surface area contributed by atoms with Crippen LogP contribution in [0.4, 0.5) is 5.69 Å². The van der Waals surface area contributed by atoms with E-state index in [0.29, 0.717) is 4.99 Å². The molecule has 0 aliphatic carbocycles. The van der Waals surface area contributed by atoms with Gasteiger partial charge in [0.2, 0.25) is 0 Å². The first-order chi connectivity index (χ1) is 7.15. The van der Waals surface area contributed by atoms with Crippen molar-refractivity contribution in [1.29, 1.82) is 0 Å². The molecule has 3 N–H and O–H groups in total. The van der Waals surface area contributed by atoms with Gasteiger partial charge < -0.3 is 11.1 Å². The van der Waals surface area contributed by atoms with E-state index >= 15 is 0 Å². The molecule has 0 atom stereocenters. The van der Waals surface area contributed by atoms with Crippen molar-refractivity contribution in [1.82, 2.24) is 0 Å². The van der Waals surface area contributed by atoms with E-state index in [1.54, 1.807) is 0 Å². The third-order valence-electron chi connectivity index (χ3n) is 1.88. The highest BCUT2D eigenvalue weighted by Crippen LogP contribution is 2.23. The van der Waals surface area contributed by atoms with E-state index in [0.717, 1.165) is 28.0 Å². The number of thiocarbonyl (C=S) groups is 1. The highest BCUT2D eigenvalue weighted by Gasteiger charge is 2.02. The first-order valence-electron chi connectivity index (χ1n) is 4.47. The van der Waals surface area contributed by atoms with Gasteiger partial charge in [-0.15, -0.1) is 0 Å². The molecule has 0 heterocycles. The predicted molar refractivity (Wildman–Crippen MR) is 76.9 cm³/mol. The minimum Gasteiger partial charge on any atom is -0.389 e. The molecule has 0 bridgehead atoms. The summed E-state index contributed by atoms with van der Waals surface area (Å²) in [5.74, 6) is 1.09. The van der Waals surface area contributed by atoms with Crippen molar-refractivity contribution >= 4 is 50.6 Å². The molecule has 15 heavy (non-hydrogen) atoms. The predicted octanol–water partition coefficient (Wildman–Crippen LogP) is 2.86. The third kappa shape index (κ3) is 4.01. The summed E-state index contributed by atoms with van der Waals surface area (Å²) in [6.07, 6.45) is 2.09. The minimum atomic E-state index is 0.423. The fraction of sp³-hybridized carbons (Fsp3) is 0.300. The summed E-state index contributed by atoms with van der Waals surface area (Å²) in [5, 5.41) is 3.33. The van der Waals surface area contributed by atoms with Crippen molar-refractivity contribution in [2.24, 2.45) is 5.73 Å². The number of thioether (sulfide) groups is 1. The van der Waals surface area contributed by atoms with Gasteiger partial charge in [0.15, 0.2) is 0 Å². The summed E-state index contributed by atoms with van der Waals surface area (Å²) in [6.45, 7) is 0.951. The van der Waals surface area contributed by atoms with Crippen molar-refractivity contribution < 1.29 is 0 Å². The highest BCUT2D eigenvalue weighted by molar-refractivity contribution is 9.10. The van der Waals surface area contributed by atoms with Gasteiger partial charge in [0.1, 0.15) is 4.99 Å². The lowest BCUT2D eigenvalue weighted by molar-refractivity contribution is 1.22. The fourth-order valence-corrected chi connectivity index (χ4v) is 2.05. The largest absolute Gasteiger partial charge is 0.389 e. The van der Waals surface area contributed by atoms with Crippen LogP contribution in [-0.4, -0.2) is 23.5 Å². The molecule has 1 aromatic carbocycles. The molecule has 5 heteroatoms. The SMILES string of the molecule is CSCCNc1ccc(C(N)=S)cc1Br. The van der Waals surface area contributed by atoms with Crippen LogP contribution in [0.1, 0.15) is 5.56 Å². The molecule has 0 unspecified atom stereocenters. The van der Waals surface area contributed by atoms with Crippen LogP contribution in [-0.2, 0) is 0 Å². The van der Waals surface area contributed by atoms with E-state index in [1.165, 1.54) is 0 Å². The van der Waals surface area contributed by atoms with Gasteiger partial charge in [-0.05, 0) is 40.4 Å². The first-order valence-corrected chi connectivity index (χ1v) is 7.07. The van der Waals surface area contributed by atoms with Gasteiger partial charge in [-0.3, -0.25) is 0 Å². The van der Waals surface area contributed by atoms with E-state index < -0.39 is 0 Å². The van der Waals surface area contributed by atoms with Crippen molar-refractivity contribution in [3.8, 4) is 0 Å². The summed E-state index contributed by atoms with van der Waals surface area (Å²) in [7, 11) is 0. The van der Waals surface area contributed by atoms with Crippen molar-refractivity contribution in [3.63, 3.8) is 0 Å². The molecule has 0 aliphatic heterocycles. The average molecular weight is 305 g/mol. The molecular formula is C10H13BrN2S2. The second-order valence-corrected chi connectivity index (χ2v) is 5.26. The Morgan fingerprint density at radius 1 is 1.60 bits per heavy atom. The lowest BCUT2D eigenvalue weighted by Crippen LogP contribution is -2.10. The number of nitrogens with two attached hydrogens (primary N) is 1. The molecule has 0 radical (unpaired) electrons. The zero-order valence-corrected chi connectivity index (χ0v) is 11.6. The minimum absolute atomic E-state index is 0.423. The molecule has 82 valence electrons. The topological polar surface area (TPSA) is 38.0 Å². The van der Waals surface area contributed by atoms with Crippen molar-refractivity contribution in [2.45, 2.75) is 0 Å². The number of hydrogen-bond donors (Lipinski definition) is 2. The van der Waals surface area contributed by atoms with Crippen LogP contribution in [0.2, 0.25) is 0 Å². The maximum atomic E-state index is 5.54. The van der Waals surface area contributed by atoms with E-state index in [9.17, 15) is 0 Å². The van der Waals surface area contributed by atoms with Crippen LogP contribution in [0, 0.1) is 0 Å². The smallest absolute Gasteiger partial charge is 0.104 e. The molecule has 0 aliphatic rings. The maximum Gasteiger partial charge on any atom is 0.104 e. The van der Waals surface area contributed by atoms with Crippen LogP contribution in [0.3, 0.4) is 0 Å². The molecule has 0 amide bonds. The molecule has 2 nitrogen and oxygen atoms in total. The summed E-state index contributed by atoms with van der Waals surface area (Å²) >= 11 is 10.2. The molecular weight excluding hydrogens is 292 g/mol. The summed E-state index contributed by atoms with van der Waals surface area (Å²) in [4.78, 5) is 0.423. The Morgan fingerprint density at radius 3 is 2.87 bits per heavy atom. The van der Waals surface area contributed by atoms with Crippen LogP contribution in [0.15, 0.2) is 22.7 Å². The van der Waals surface area contributed by atoms with E-state index in [1.807, 2.05) is 30.0 Å². The number of nitrogens with one attached hydrogen (secondary N) is 1. The Balaban J connectivity index is 2.70. The van der Waals surface area contributed by atoms with Gasteiger partial charge in [0.25, 0.3) is 0 Å². The monoisotopic (exact) mass is 304 g/mol. The molecule has 0 fully saturated rings. The standard InChI is InChI=1S/C10H13BrN2S2/c1-15-5-4-13-9-3-2-7(10(12)14)6-8(9)11/h2-3,6,13H,4-5H2,1H3,(H2,12,14). The number of anilines is 1. The van der Waals surface area contributed by atoms with Crippen LogP contribution >= 0.6 is 39.9 Å². The van der Waals surface area contributed by atoms with Gasteiger partial charge >= 0.3 is 0 Å². The Kier molecular flexibility index (Phi) is 5.42. The van der Waals surface area contributed by atoms with Crippen molar-refractivity contribution in [2.75, 3.05) is 23.9 Å². The fourth-order valence-electron chi connectivity index (χ4n) is 1.10. The number of rotatable bonds is 5. The summed E-state index contributed by atoms with van der Waals surface area (Å²) in [5.41, 5.74) is 7.50. The number of hydrogen-bond acceptors (Lipinski definition) is 3. The Morgan fingerprint density at radius 2 is 2.33 bits per heavy atom. The molecule has 0 spiro atoms. The second kappa shape index (κ2) is 6.35. The number of benzene rings is 1. The van der Waals surface area contributed by atoms with Crippen molar-refractivity contribution in [3.05, 3.63) is 28.2 Å². The zero-order chi connectivity index (χ0) is 11.3. The van der Waals surface area contributed by atoms with Gasteiger partial charge in [0.05, 0.1) is 0 Å². The average Bonchev–Trinajstić information content (AvgIpc) is 2.20. The highest BCUT2D eigenvalue weighted by atomic mass is 79.9. The van der Waals surface area contributed by atoms with E-state index in [4.69, 9.17) is 18.0 Å². The van der Waals surface area contributed by atoms with Gasteiger partial charge in [0, 0.05) is 28.0 Å². The van der Waals surface area contributed by atoms with Crippen LogP contribution in [0.25, 0.3) is 0 Å². The lowest BCUT2D eigenvalue weighted by atomic mass is 10.2. The first kappa shape index (κ1) is 12.8. The lowest BCUT2D eigenvalue weighted by Gasteiger charge is -2.09. The molecule has 1 aromatic rings. The van der Waals surface area contributed by atoms with Crippen LogP contribution < -0.4 is 11.1 Å². The maximum absolute atomic E-state index is 5.54. The molecule has 0 saturated heterocycles. The quantitative estimate of drug-likeness (QED) is 0.648. The van der Waals surface area contributed by atoms with Crippen LogP contribution in [0.5, 0.6) is 0 Å². The Labute approximate surface area is 108 Å². The summed E-state index contributed by atoms with van der Waals surface area (Å²) in [6, 6.07) is 5.84. The molecule has 1 rings (SSSR count). The molecule has 0 saturated carbocycles. The normalized spacial score (nSPS) is 10.0. The molecule has 0 aromatic heterocycles. The second-order valence-electron chi connectivity index (χ2n) is 2.98. The van der Waals surface area contributed by atoms with E-state index in [2.05, 4.69) is 27.5 Å². The summed E-state index contributed by atoms with van der Waals surface area (Å²) < 4.78 is 0.994. The third-order valence-corrected chi connectivity index (χ3v) is 3.38.